The second kappa shape index (κ2) is 5.97. The third-order valence-electron chi connectivity index (χ3n) is 3.64. The lowest BCUT2D eigenvalue weighted by molar-refractivity contribution is 0.182. The van der Waals surface area contributed by atoms with E-state index in [1.165, 1.54) is 0 Å². The van der Waals surface area contributed by atoms with Crippen LogP contribution in [0.25, 0.3) is 11.2 Å². The van der Waals surface area contributed by atoms with Gasteiger partial charge in [0.2, 0.25) is 5.88 Å². The maximum Gasteiger partial charge on any atom is 0.215 e. The first-order valence-electron chi connectivity index (χ1n) is 6.85. The van der Waals surface area contributed by atoms with E-state index in [4.69, 9.17) is 21.1 Å². The van der Waals surface area contributed by atoms with Crippen molar-refractivity contribution < 1.29 is 9.47 Å². The quantitative estimate of drug-likeness (QED) is 0.794. The van der Waals surface area contributed by atoms with Gasteiger partial charge in [-0.05, 0) is 12.5 Å². The minimum atomic E-state index is 0.523. The van der Waals surface area contributed by atoms with Crippen LogP contribution >= 0.6 is 11.6 Å². The summed E-state index contributed by atoms with van der Waals surface area (Å²) in [5.41, 5.74) is 1.76. The summed E-state index contributed by atoms with van der Waals surface area (Å²) in [4.78, 5) is 9.17. The van der Waals surface area contributed by atoms with Gasteiger partial charge in [-0.3, -0.25) is 0 Å². The molecule has 1 atom stereocenters. The second-order valence-corrected chi connectivity index (χ2v) is 5.38. The van der Waals surface area contributed by atoms with Gasteiger partial charge in [0.15, 0.2) is 5.65 Å². The van der Waals surface area contributed by atoms with E-state index in [-0.39, 0.29) is 0 Å². The molecule has 2 aromatic rings. The van der Waals surface area contributed by atoms with Gasteiger partial charge >= 0.3 is 0 Å². The first-order chi connectivity index (χ1) is 9.81. The van der Waals surface area contributed by atoms with Gasteiger partial charge in [-0.15, -0.1) is 11.6 Å². The van der Waals surface area contributed by atoms with Crippen molar-refractivity contribution in [2.75, 3.05) is 26.2 Å². The number of aromatic nitrogens is 3. The van der Waals surface area contributed by atoms with E-state index < -0.39 is 0 Å². The number of fused-ring (bicyclic) bond motifs is 1. The number of hydrogen-bond donors (Lipinski definition) is 0. The fourth-order valence-electron chi connectivity index (χ4n) is 2.60. The first-order valence-corrected chi connectivity index (χ1v) is 7.39. The first kappa shape index (κ1) is 13.6. The molecule has 1 aliphatic rings. The van der Waals surface area contributed by atoms with E-state index in [0.717, 1.165) is 49.6 Å². The van der Waals surface area contributed by atoms with Crippen molar-refractivity contribution in [3.63, 3.8) is 0 Å². The van der Waals surface area contributed by atoms with Gasteiger partial charge < -0.3 is 14.0 Å². The number of hydrogen-bond acceptors (Lipinski definition) is 4. The highest BCUT2D eigenvalue weighted by Gasteiger charge is 2.20. The number of nitrogens with zero attached hydrogens (tertiary/aromatic N) is 3. The fourth-order valence-corrected chi connectivity index (χ4v) is 2.77. The van der Waals surface area contributed by atoms with Crippen molar-refractivity contribution in [1.82, 2.24) is 14.5 Å². The summed E-state index contributed by atoms with van der Waals surface area (Å²) in [6, 6.07) is 3.78. The maximum atomic E-state index is 5.89. The van der Waals surface area contributed by atoms with E-state index in [1.807, 2.05) is 12.1 Å². The molecule has 0 amide bonds. The Bertz CT molecular complexity index is 593. The second-order valence-electron chi connectivity index (χ2n) is 5.00. The van der Waals surface area contributed by atoms with Gasteiger partial charge in [0, 0.05) is 37.4 Å². The zero-order valence-electron chi connectivity index (χ0n) is 11.5. The topological polar surface area (TPSA) is 49.2 Å². The van der Waals surface area contributed by atoms with E-state index in [0.29, 0.717) is 17.7 Å². The third-order valence-corrected chi connectivity index (χ3v) is 3.83. The molecular formula is C14H18ClN3O2. The Labute approximate surface area is 122 Å². The van der Waals surface area contributed by atoms with Crippen molar-refractivity contribution in [2.24, 2.45) is 5.92 Å². The summed E-state index contributed by atoms with van der Waals surface area (Å²) in [5.74, 6) is 2.68. The molecule has 0 bridgehead atoms. The van der Waals surface area contributed by atoms with Crippen molar-refractivity contribution in [1.29, 1.82) is 0 Å². The highest BCUT2D eigenvalue weighted by Crippen LogP contribution is 2.22. The lowest BCUT2D eigenvalue weighted by Crippen LogP contribution is -2.14. The minimum absolute atomic E-state index is 0.523. The van der Waals surface area contributed by atoms with E-state index in [9.17, 15) is 0 Å². The van der Waals surface area contributed by atoms with Gasteiger partial charge in [-0.2, -0.15) is 4.98 Å². The molecule has 1 unspecified atom stereocenters. The molecule has 20 heavy (non-hydrogen) atoms. The van der Waals surface area contributed by atoms with Crippen LogP contribution in [0.3, 0.4) is 0 Å². The van der Waals surface area contributed by atoms with Gasteiger partial charge in [0.1, 0.15) is 11.3 Å². The Morgan fingerprint density at radius 3 is 3.05 bits per heavy atom. The Kier molecular flexibility index (Phi) is 4.08. The Morgan fingerprint density at radius 1 is 1.45 bits per heavy atom. The molecular weight excluding hydrogens is 278 g/mol. The molecule has 108 valence electrons. The lowest BCUT2D eigenvalue weighted by atomic mass is 10.1. The molecule has 1 fully saturated rings. The number of methoxy groups -OCH3 is 1. The number of halogens is 1. The summed E-state index contributed by atoms with van der Waals surface area (Å²) < 4.78 is 12.8. The summed E-state index contributed by atoms with van der Waals surface area (Å²) in [7, 11) is 1.62. The monoisotopic (exact) mass is 295 g/mol. The van der Waals surface area contributed by atoms with Gasteiger partial charge in [-0.25, -0.2) is 4.98 Å². The number of imidazole rings is 1. The van der Waals surface area contributed by atoms with E-state index >= 15 is 0 Å². The summed E-state index contributed by atoms with van der Waals surface area (Å²) >= 11 is 5.89. The van der Waals surface area contributed by atoms with E-state index in [1.54, 1.807) is 7.11 Å². The Hall–Kier alpha value is -1.33. The Morgan fingerprint density at radius 2 is 2.35 bits per heavy atom. The number of aryl methyl sites for hydroxylation is 1. The van der Waals surface area contributed by atoms with Crippen molar-refractivity contribution in [3.8, 4) is 5.88 Å². The summed E-state index contributed by atoms with van der Waals surface area (Å²) in [6.45, 7) is 2.53. The molecule has 3 heterocycles. The van der Waals surface area contributed by atoms with Crippen LogP contribution in [-0.4, -0.2) is 40.7 Å². The van der Waals surface area contributed by atoms with Crippen LogP contribution in [0.2, 0.25) is 0 Å². The SMILES string of the molecule is COc1ccc2nc(CCCl)n(CC3CCOC3)c2n1. The predicted molar refractivity (Wildman–Crippen MR) is 77.4 cm³/mol. The Balaban J connectivity index is 2.01. The highest BCUT2D eigenvalue weighted by atomic mass is 35.5. The maximum absolute atomic E-state index is 5.89. The normalized spacial score (nSPS) is 18.8. The molecule has 1 saturated heterocycles. The molecule has 0 radical (unpaired) electrons. The van der Waals surface area contributed by atoms with Crippen molar-refractivity contribution >= 4 is 22.8 Å². The largest absolute Gasteiger partial charge is 0.481 e. The molecule has 0 saturated carbocycles. The predicted octanol–water partition coefficient (Wildman–Crippen LogP) is 2.26. The molecule has 5 nitrogen and oxygen atoms in total. The van der Waals surface area contributed by atoms with Gasteiger partial charge in [-0.1, -0.05) is 0 Å². The van der Waals surface area contributed by atoms with Crippen LogP contribution in [0.1, 0.15) is 12.2 Å². The zero-order chi connectivity index (χ0) is 13.9. The van der Waals surface area contributed by atoms with Crippen molar-refractivity contribution in [2.45, 2.75) is 19.4 Å². The number of alkyl halides is 1. The van der Waals surface area contributed by atoms with Crippen LogP contribution < -0.4 is 4.74 Å². The average molecular weight is 296 g/mol. The standard InChI is InChI=1S/C14H18ClN3O2/c1-19-13-3-2-11-14(17-13)18(12(16-11)4-6-15)8-10-5-7-20-9-10/h2-3,10H,4-9H2,1H3. The van der Waals surface area contributed by atoms with Crippen molar-refractivity contribution in [3.05, 3.63) is 18.0 Å². The molecule has 0 aromatic carbocycles. The molecule has 0 N–H and O–H groups in total. The average Bonchev–Trinajstić information content (AvgIpc) is 3.08. The van der Waals surface area contributed by atoms with Crippen LogP contribution in [0.15, 0.2) is 12.1 Å². The van der Waals surface area contributed by atoms with Crippen LogP contribution in [0.5, 0.6) is 5.88 Å². The fraction of sp³-hybridized carbons (Fsp3) is 0.571. The molecule has 0 spiro atoms. The van der Waals surface area contributed by atoms with Crippen LogP contribution in [-0.2, 0) is 17.7 Å². The highest BCUT2D eigenvalue weighted by molar-refractivity contribution is 6.17. The van der Waals surface area contributed by atoms with Gasteiger partial charge in [0.05, 0.1) is 13.7 Å². The molecule has 6 heteroatoms. The third kappa shape index (κ3) is 2.60. The molecule has 3 rings (SSSR count). The molecule has 2 aromatic heterocycles. The zero-order valence-corrected chi connectivity index (χ0v) is 12.3. The lowest BCUT2D eigenvalue weighted by Gasteiger charge is -2.12. The summed E-state index contributed by atoms with van der Waals surface area (Å²) in [6.07, 6.45) is 1.83. The number of rotatable bonds is 5. The van der Waals surface area contributed by atoms with Gasteiger partial charge in [0.25, 0.3) is 0 Å². The van der Waals surface area contributed by atoms with Crippen LogP contribution in [0.4, 0.5) is 0 Å². The smallest absolute Gasteiger partial charge is 0.215 e. The number of ether oxygens (including phenoxy) is 2. The molecule has 1 aliphatic heterocycles. The summed E-state index contributed by atoms with van der Waals surface area (Å²) in [5, 5.41) is 0. The minimum Gasteiger partial charge on any atom is -0.481 e. The molecule has 0 aliphatic carbocycles. The number of pyridine rings is 1. The van der Waals surface area contributed by atoms with Crippen LogP contribution in [0, 0.1) is 5.92 Å². The van der Waals surface area contributed by atoms with E-state index in [2.05, 4.69) is 14.5 Å².